The number of hydrogen-bond donors (Lipinski definition) is 1. The molecule has 0 spiro atoms. The van der Waals surface area contributed by atoms with Gasteiger partial charge < -0.3 is 15.4 Å². The number of nitrogens with zero attached hydrogens (tertiary/aromatic N) is 5. The van der Waals surface area contributed by atoms with Crippen LogP contribution in [0.5, 0.6) is 5.75 Å². The summed E-state index contributed by atoms with van der Waals surface area (Å²) in [5.74, 6) is 1.68. The van der Waals surface area contributed by atoms with Gasteiger partial charge in [0.15, 0.2) is 0 Å². The van der Waals surface area contributed by atoms with Gasteiger partial charge in [0.2, 0.25) is 0 Å². The Hall–Kier alpha value is -2.41. The SMILES string of the molecule is COc1cc(N=Nc2n(CCCCN)cc[n+]2C)ccc1N1CCCC1. The zero-order valence-electron chi connectivity index (χ0n) is 15.8. The zero-order chi connectivity index (χ0) is 18.4. The average molecular weight is 357 g/mol. The standard InChI is InChI=1S/C19H29N6O/c1-23-13-14-25(12-4-3-9-20)19(23)22-21-16-7-8-17(18(15-16)26-2)24-10-5-6-11-24/h7-8,13-15H,3-6,9-12,20H2,1-2H3/q+1. The van der Waals surface area contributed by atoms with E-state index in [4.69, 9.17) is 10.5 Å². The average Bonchev–Trinajstić information content (AvgIpc) is 3.30. The van der Waals surface area contributed by atoms with Crippen molar-refractivity contribution in [3.63, 3.8) is 0 Å². The summed E-state index contributed by atoms with van der Waals surface area (Å²) >= 11 is 0. The van der Waals surface area contributed by atoms with Gasteiger partial charge in [-0.25, -0.2) is 9.13 Å². The lowest BCUT2D eigenvalue weighted by Crippen LogP contribution is -2.25. The Balaban J connectivity index is 1.77. The minimum absolute atomic E-state index is 0.716. The van der Waals surface area contributed by atoms with E-state index in [0.29, 0.717) is 6.54 Å². The van der Waals surface area contributed by atoms with Crippen LogP contribution in [-0.2, 0) is 13.6 Å². The van der Waals surface area contributed by atoms with Gasteiger partial charge in [-0.3, -0.25) is 0 Å². The molecule has 0 unspecified atom stereocenters. The van der Waals surface area contributed by atoms with Crippen LogP contribution in [0.3, 0.4) is 0 Å². The van der Waals surface area contributed by atoms with Gasteiger partial charge >= 0.3 is 5.95 Å². The summed E-state index contributed by atoms with van der Waals surface area (Å²) in [5, 5.41) is 8.90. The summed E-state index contributed by atoms with van der Waals surface area (Å²) in [5.41, 5.74) is 7.51. The Bertz CT molecular complexity index is 748. The number of aromatic nitrogens is 2. The van der Waals surface area contributed by atoms with Crippen molar-refractivity contribution in [1.29, 1.82) is 0 Å². The molecule has 7 nitrogen and oxygen atoms in total. The monoisotopic (exact) mass is 357 g/mol. The minimum atomic E-state index is 0.716. The van der Waals surface area contributed by atoms with E-state index in [2.05, 4.69) is 25.8 Å². The first-order valence-corrected chi connectivity index (χ1v) is 9.32. The molecule has 2 N–H and O–H groups in total. The third-order valence-corrected chi connectivity index (χ3v) is 4.76. The van der Waals surface area contributed by atoms with Crippen LogP contribution in [0.4, 0.5) is 17.3 Å². The number of methoxy groups -OCH3 is 1. The summed E-state index contributed by atoms with van der Waals surface area (Å²) in [6.07, 6.45) is 8.54. The smallest absolute Gasteiger partial charge is 0.421 e. The van der Waals surface area contributed by atoms with E-state index in [1.54, 1.807) is 7.11 Å². The van der Waals surface area contributed by atoms with E-state index >= 15 is 0 Å². The predicted octanol–water partition coefficient (Wildman–Crippen LogP) is 3.08. The predicted molar refractivity (Wildman–Crippen MR) is 103 cm³/mol. The molecule has 140 valence electrons. The Labute approximate surface area is 155 Å². The van der Waals surface area contributed by atoms with Gasteiger partial charge in [-0.05, 0) is 44.4 Å². The molecule has 1 aliphatic rings. The second-order valence-electron chi connectivity index (χ2n) is 6.65. The van der Waals surface area contributed by atoms with E-state index in [1.807, 2.05) is 36.1 Å². The second kappa shape index (κ2) is 8.80. The van der Waals surface area contributed by atoms with E-state index in [0.717, 1.165) is 55.5 Å². The number of hydrogen-bond acceptors (Lipinski definition) is 5. The van der Waals surface area contributed by atoms with Crippen LogP contribution in [-0.4, -0.2) is 31.3 Å². The van der Waals surface area contributed by atoms with Gasteiger partial charge in [-0.1, -0.05) is 5.11 Å². The maximum absolute atomic E-state index is 5.58. The van der Waals surface area contributed by atoms with Crippen LogP contribution in [0.2, 0.25) is 0 Å². The molecule has 0 atom stereocenters. The molecule has 3 rings (SSSR count). The molecule has 0 saturated carbocycles. The van der Waals surface area contributed by atoms with Crippen molar-refractivity contribution in [1.82, 2.24) is 4.57 Å². The van der Waals surface area contributed by atoms with Crippen molar-refractivity contribution in [3.05, 3.63) is 30.6 Å². The van der Waals surface area contributed by atoms with Gasteiger partial charge in [0, 0.05) is 24.3 Å². The highest BCUT2D eigenvalue weighted by atomic mass is 16.5. The number of rotatable bonds is 8. The zero-order valence-corrected chi connectivity index (χ0v) is 15.8. The fourth-order valence-corrected chi connectivity index (χ4v) is 3.30. The van der Waals surface area contributed by atoms with E-state index < -0.39 is 0 Å². The number of imidazole rings is 1. The van der Waals surface area contributed by atoms with E-state index in [-0.39, 0.29) is 0 Å². The third kappa shape index (κ3) is 4.22. The summed E-state index contributed by atoms with van der Waals surface area (Å²) in [7, 11) is 3.68. The highest BCUT2D eigenvalue weighted by Gasteiger charge is 2.18. The number of aryl methyl sites for hydroxylation is 2. The molecule has 2 heterocycles. The molecule has 1 aromatic heterocycles. The minimum Gasteiger partial charge on any atom is -0.495 e. The summed E-state index contributed by atoms with van der Waals surface area (Å²) in [4.78, 5) is 2.36. The van der Waals surface area contributed by atoms with Crippen LogP contribution >= 0.6 is 0 Å². The highest BCUT2D eigenvalue weighted by Crippen LogP contribution is 2.34. The topological polar surface area (TPSA) is 72.0 Å². The van der Waals surface area contributed by atoms with Gasteiger partial charge in [-0.15, -0.1) is 0 Å². The van der Waals surface area contributed by atoms with Crippen LogP contribution in [0.15, 0.2) is 40.8 Å². The number of ether oxygens (including phenoxy) is 1. The van der Waals surface area contributed by atoms with Crippen LogP contribution < -0.4 is 19.9 Å². The summed E-state index contributed by atoms with van der Waals surface area (Å²) in [6, 6.07) is 6.04. The van der Waals surface area contributed by atoms with E-state index in [9.17, 15) is 0 Å². The first-order chi connectivity index (χ1) is 12.7. The molecule has 1 aromatic carbocycles. The molecule has 0 bridgehead atoms. The van der Waals surface area contributed by atoms with Crippen molar-refractivity contribution < 1.29 is 9.30 Å². The maximum atomic E-state index is 5.58. The van der Waals surface area contributed by atoms with Crippen molar-refractivity contribution in [2.75, 3.05) is 31.6 Å². The van der Waals surface area contributed by atoms with Crippen molar-refractivity contribution in [3.8, 4) is 5.75 Å². The molecular formula is C19H29N6O+. The Morgan fingerprint density at radius 2 is 2.00 bits per heavy atom. The first kappa shape index (κ1) is 18.4. The number of azo groups is 1. The van der Waals surface area contributed by atoms with Crippen LogP contribution in [0, 0.1) is 0 Å². The fraction of sp³-hybridized carbons (Fsp3) is 0.526. The molecule has 0 aliphatic carbocycles. The molecule has 1 fully saturated rings. The largest absolute Gasteiger partial charge is 0.495 e. The maximum Gasteiger partial charge on any atom is 0.421 e. The lowest BCUT2D eigenvalue weighted by Gasteiger charge is -2.20. The normalized spacial score (nSPS) is 14.5. The van der Waals surface area contributed by atoms with Gasteiger partial charge in [0.05, 0.1) is 38.8 Å². The number of benzene rings is 1. The second-order valence-corrected chi connectivity index (χ2v) is 6.65. The highest BCUT2D eigenvalue weighted by molar-refractivity contribution is 5.64. The fourth-order valence-electron chi connectivity index (χ4n) is 3.30. The van der Waals surface area contributed by atoms with Gasteiger partial charge in [0.1, 0.15) is 11.4 Å². The summed E-state index contributed by atoms with van der Waals surface area (Å²) in [6.45, 7) is 3.78. The third-order valence-electron chi connectivity index (χ3n) is 4.76. The molecule has 1 aliphatic heterocycles. The molecule has 1 saturated heterocycles. The molecule has 7 heteroatoms. The molecule has 0 radical (unpaired) electrons. The van der Waals surface area contributed by atoms with Crippen molar-refractivity contribution >= 4 is 17.3 Å². The number of unbranched alkanes of at least 4 members (excludes halogenated alkanes) is 1. The van der Waals surface area contributed by atoms with Crippen LogP contribution in [0.25, 0.3) is 0 Å². The first-order valence-electron chi connectivity index (χ1n) is 9.32. The lowest BCUT2D eigenvalue weighted by molar-refractivity contribution is -0.657. The molecule has 0 amide bonds. The van der Waals surface area contributed by atoms with Crippen molar-refractivity contribution in [2.24, 2.45) is 23.0 Å². The Morgan fingerprint density at radius 1 is 1.19 bits per heavy atom. The Morgan fingerprint density at radius 3 is 2.73 bits per heavy atom. The lowest BCUT2D eigenvalue weighted by atomic mass is 10.2. The molecule has 26 heavy (non-hydrogen) atoms. The van der Waals surface area contributed by atoms with E-state index in [1.165, 1.54) is 12.8 Å². The van der Waals surface area contributed by atoms with Crippen LogP contribution in [0.1, 0.15) is 25.7 Å². The Kier molecular flexibility index (Phi) is 6.22. The van der Waals surface area contributed by atoms with Crippen molar-refractivity contribution in [2.45, 2.75) is 32.2 Å². The molecular weight excluding hydrogens is 328 g/mol. The quantitative estimate of drug-likeness (QED) is 0.448. The number of nitrogens with two attached hydrogens (primary N) is 1. The van der Waals surface area contributed by atoms with Gasteiger partial charge in [-0.2, -0.15) is 0 Å². The number of anilines is 1. The van der Waals surface area contributed by atoms with Gasteiger partial charge in [0.25, 0.3) is 0 Å². The molecule has 2 aromatic rings. The summed E-state index contributed by atoms with van der Waals surface area (Å²) < 4.78 is 9.66.